The van der Waals surface area contributed by atoms with E-state index >= 15 is 0 Å². The van der Waals surface area contributed by atoms with Crippen LogP contribution in [-0.4, -0.2) is 11.2 Å². The van der Waals surface area contributed by atoms with Crippen LogP contribution < -0.4 is 13.8 Å². The SMILES string of the molecule is CC.CCC.CCC.CCC.Cc1ccc(C(C)C)c(O)c1.Cc1ccc(C(C)C)c(OC(C)C)c1.POc1ccc2ccccc2c1-c1c(OP)ccc2ccccc12. The van der Waals surface area contributed by atoms with Gasteiger partial charge < -0.3 is 18.9 Å². The van der Waals surface area contributed by atoms with Crippen molar-refractivity contribution in [1.82, 2.24) is 0 Å². The molecule has 2 atom stereocenters. The van der Waals surface area contributed by atoms with E-state index in [1.807, 2.05) is 69.3 Å². The topological polar surface area (TPSA) is 47.9 Å². The number of benzene rings is 6. The fourth-order valence-electron chi connectivity index (χ4n) is 5.83. The second-order valence-electron chi connectivity index (χ2n) is 15.3. The Kier molecular flexibility index (Phi) is 29.6. The summed E-state index contributed by atoms with van der Waals surface area (Å²) in [5, 5.41) is 14.1. The third-order valence-electron chi connectivity index (χ3n) is 8.25. The van der Waals surface area contributed by atoms with Crippen LogP contribution in [-0.2, 0) is 0 Å². The Hall–Kier alpha value is -4.10. The van der Waals surface area contributed by atoms with Crippen LogP contribution in [0, 0.1) is 13.8 Å². The molecule has 0 bridgehead atoms. The van der Waals surface area contributed by atoms with Crippen LogP contribution in [0.15, 0.2) is 109 Å². The van der Waals surface area contributed by atoms with Crippen molar-refractivity contribution in [3.63, 3.8) is 0 Å². The number of ether oxygens (including phenoxy) is 1. The van der Waals surface area contributed by atoms with Crippen LogP contribution in [0.25, 0.3) is 32.7 Å². The molecule has 0 spiro atoms. The van der Waals surface area contributed by atoms with Gasteiger partial charge in [-0.3, -0.25) is 0 Å². The fourth-order valence-corrected chi connectivity index (χ4v) is 6.22. The zero-order valence-corrected chi connectivity index (χ0v) is 42.4. The molecule has 0 aliphatic heterocycles. The van der Waals surface area contributed by atoms with Gasteiger partial charge in [-0.2, -0.15) is 0 Å². The number of aromatic hydroxyl groups is 1. The summed E-state index contributed by atoms with van der Waals surface area (Å²) in [6.45, 7) is 33.5. The summed E-state index contributed by atoms with van der Waals surface area (Å²) in [5.41, 5.74) is 6.76. The average Bonchev–Trinajstić information content (AvgIpc) is 3.21. The molecule has 0 radical (unpaired) electrons. The van der Waals surface area contributed by atoms with Crippen molar-refractivity contribution in [3.05, 3.63) is 131 Å². The molecule has 0 amide bonds. The van der Waals surface area contributed by atoms with E-state index in [1.54, 1.807) is 6.07 Å². The predicted octanol–water partition coefficient (Wildman–Crippen LogP) is 18.0. The molecule has 0 aliphatic rings. The Morgan fingerprint density at radius 2 is 0.850 bits per heavy atom. The fraction of sp³-hybridized carbons (Fsp3) is 0.407. The first kappa shape index (κ1) is 55.9. The van der Waals surface area contributed by atoms with Gasteiger partial charge in [0, 0.05) is 11.1 Å². The summed E-state index contributed by atoms with van der Waals surface area (Å²) in [6, 6.07) is 37.0. The van der Waals surface area contributed by atoms with Crippen LogP contribution in [0.1, 0.15) is 150 Å². The summed E-state index contributed by atoms with van der Waals surface area (Å²) >= 11 is 0. The van der Waals surface area contributed by atoms with Gasteiger partial charge >= 0.3 is 0 Å². The van der Waals surface area contributed by atoms with Gasteiger partial charge in [0.15, 0.2) is 0 Å². The molecule has 2 unspecified atom stereocenters. The maximum atomic E-state index is 9.46. The highest BCUT2D eigenvalue weighted by Crippen LogP contribution is 2.46. The van der Waals surface area contributed by atoms with Crippen molar-refractivity contribution >= 4 is 40.5 Å². The first-order chi connectivity index (χ1) is 28.7. The molecular weight excluding hydrogens is 775 g/mol. The van der Waals surface area contributed by atoms with Gasteiger partial charge in [0.1, 0.15) is 23.0 Å². The molecule has 1 N–H and O–H groups in total. The van der Waals surface area contributed by atoms with E-state index in [-0.39, 0.29) is 6.10 Å². The van der Waals surface area contributed by atoms with Gasteiger partial charge in [-0.05, 0) is 108 Å². The number of phenols is 1. The van der Waals surface area contributed by atoms with Crippen molar-refractivity contribution in [2.45, 2.75) is 148 Å². The van der Waals surface area contributed by atoms with Crippen molar-refractivity contribution in [3.8, 4) is 34.1 Å². The molecule has 0 saturated carbocycles. The standard InChI is InChI=1S/C20H16O2P2.C13H20O.C10H14O.3C3H8.C2H6/c23-21-17-11-9-13-5-1-3-7-15(13)19(17)20-16-8-4-2-6-14(16)10-12-18(20)22-24;1-9(2)12-7-6-11(5)8-13(12)14-10(3)4;1-7(2)9-5-4-8(3)6-10(9)11;3*1-3-2;1-2/h1-12H,23-24H2;6-10H,1-5H3;4-7,11H,1-3H3;3*3H2,1-2H3;1-2H3. The van der Waals surface area contributed by atoms with Gasteiger partial charge in [0.25, 0.3) is 0 Å². The third kappa shape index (κ3) is 18.7. The number of rotatable bonds is 7. The van der Waals surface area contributed by atoms with Crippen LogP contribution in [0.3, 0.4) is 0 Å². The third-order valence-corrected chi connectivity index (χ3v) is 8.76. The second kappa shape index (κ2) is 31.7. The van der Waals surface area contributed by atoms with E-state index < -0.39 is 0 Å². The van der Waals surface area contributed by atoms with Crippen LogP contribution in [0.5, 0.6) is 23.0 Å². The minimum atomic E-state index is 0.245. The zero-order valence-electron chi connectivity index (χ0n) is 40.1. The number of hydrogen-bond donors (Lipinski definition) is 1. The molecule has 0 aliphatic carbocycles. The molecule has 0 heterocycles. The van der Waals surface area contributed by atoms with Crippen molar-refractivity contribution in [2.24, 2.45) is 0 Å². The molecule has 6 rings (SSSR count). The summed E-state index contributed by atoms with van der Waals surface area (Å²) in [6.07, 6.45) is 3.99. The quantitative estimate of drug-likeness (QED) is 0.163. The average molecular weight is 855 g/mol. The number of aryl methyl sites for hydroxylation is 2. The molecule has 6 heteroatoms. The summed E-state index contributed by atoms with van der Waals surface area (Å²) in [5.74, 6) is 3.98. The highest BCUT2D eigenvalue weighted by molar-refractivity contribution is 7.10. The summed E-state index contributed by atoms with van der Waals surface area (Å²) in [7, 11) is 4.70. The maximum absolute atomic E-state index is 9.46. The largest absolute Gasteiger partial charge is 0.508 e. The Labute approximate surface area is 371 Å². The van der Waals surface area contributed by atoms with E-state index in [1.165, 1.54) is 41.2 Å². The van der Waals surface area contributed by atoms with E-state index in [9.17, 15) is 5.11 Å². The lowest BCUT2D eigenvalue weighted by Crippen LogP contribution is -2.08. The summed E-state index contributed by atoms with van der Waals surface area (Å²) in [4.78, 5) is 0. The highest BCUT2D eigenvalue weighted by atomic mass is 31.0. The molecule has 330 valence electrons. The van der Waals surface area contributed by atoms with E-state index in [2.05, 4.69) is 164 Å². The number of hydrogen-bond acceptors (Lipinski definition) is 4. The first-order valence-corrected chi connectivity index (χ1v) is 23.0. The Morgan fingerprint density at radius 3 is 1.20 bits per heavy atom. The number of fused-ring (bicyclic) bond motifs is 2. The van der Waals surface area contributed by atoms with Gasteiger partial charge in [0.2, 0.25) is 0 Å². The predicted molar refractivity (Wildman–Crippen MR) is 275 cm³/mol. The monoisotopic (exact) mass is 855 g/mol. The van der Waals surface area contributed by atoms with Crippen molar-refractivity contribution < 1.29 is 18.9 Å². The minimum absolute atomic E-state index is 0.245. The van der Waals surface area contributed by atoms with E-state index in [0.717, 1.165) is 50.3 Å². The van der Waals surface area contributed by atoms with Gasteiger partial charge in [-0.15, -0.1) is 0 Å². The molecule has 0 aromatic heterocycles. The lowest BCUT2D eigenvalue weighted by molar-refractivity contribution is 0.239. The Bertz CT molecular complexity index is 1960. The van der Waals surface area contributed by atoms with Crippen molar-refractivity contribution in [2.75, 3.05) is 0 Å². The highest BCUT2D eigenvalue weighted by Gasteiger charge is 2.18. The Balaban J connectivity index is 0.000000827. The molecular formula is C54H80O4P2. The van der Waals surface area contributed by atoms with Crippen LogP contribution >= 0.6 is 18.9 Å². The molecule has 0 saturated heterocycles. The second-order valence-corrected chi connectivity index (χ2v) is 15.7. The summed E-state index contributed by atoms with van der Waals surface area (Å²) < 4.78 is 17.0. The smallest absolute Gasteiger partial charge is 0.131 e. The normalized spacial score (nSPS) is 9.88. The Morgan fingerprint density at radius 1 is 0.483 bits per heavy atom. The molecule has 6 aromatic rings. The molecule has 0 fully saturated rings. The zero-order chi connectivity index (χ0) is 45.8. The lowest BCUT2D eigenvalue weighted by atomic mass is 9.92. The molecule has 6 aromatic carbocycles. The molecule has 4 nitrogen and oxygen atoms in total. The van der Waals surface area contributed by atoms with E-state index in [4.69, 9.17) is 13.8 Å². The maximum Gasteiger partial charge on any atom is 0.131 e. The number of phenolic OH excluding ortho intramolecular Hbond substituents is 1. The lowest BCUT2D eigenvalue weighted by Gasteiger charge is -2.17. The minimum Gasteiger partial charge on any atom is -0.508 e. The van der Waals surface area contributed by atoms with Gasteiger partial charge in [0.05, 0.1) is 25.0 Å². The van der Waals surface area contributed by atoms with Crippen molar-refractivity contribution in [1.29, 1.82) is 0 Å². The van der Waals surface area contributed by atoms with Gasteiger partial charge in [-0.25, -0.2) is 0 Å². The van der Waals surface area contributed by atoms with E-state index in [0.29, 0.717) is 17.6 Å². The molecule has 60 heavy (non-hydrogen) atoms. The van der Waals surface area contributed by atoms with Crippen LogP contribution in [0.2, 0.25) is 0 Å². The van der Waals surface area contributed by atoms with Gasteiger partial charge in [-0.1, -0.05) is 187 Å². The first-order valence-electron chi connectivity index (χ1n) is 22.0. The van der Waals surface area contributed by atoms with Crippen LogP contribution in [0.4, 0.5) is 0 Å².